The maximum atomic E-state index is 12.9. The van der Waals surface area contributed by atoms with Crippen LogP contribution < -0.4 is 11.1 Å². The van der Waals surface area contributed by atoms with E-state index in [2.05, 4.69) is 5.32 Å². The van der Waals surface area contributed by atoms with Crippen LogP contribution in [0.5, 0.6) is 0 Å². The third-order valence-corrected chi connectivity index (χ3v) is 4.85. The number of carbonyl (C=O) groups is 1. The molecule has 1 unspecified atom stereocenters. The number of thiophene rings is 1. The Labute approximate surface area is 127 Å². The van der Waals surface area contributed by atoms with E-state index in [1.54, 1.807) is 18.2 Å². The zero-order valence-corrected chi connectivity index (χ0v) is 12.3. The van der Waals surface area contributed by atoms with Crippen molar-refractivity contribution in [2.75, 3.05) is 6.54 Å². The molecule has 2 aromatic rings. The Hall–Kier alpha value is -1.72. The van der Waals surface area contributed by atoms with E-state index in [1.165, 1.54) is 23.5 Å². The molecule has 1 amide bonds. The first kappa shape index (κ1) is 14.2. The highest BCUT2D eigenvalue weighted by Gasteiger charge is 2.31. The van der Waals surface area contributed by atoms with Crippen molar-refractivity contribution in [2.45, 2.75) is 18.9 Å². The van der Waals surface area contributed by atoms with Crippen molar-refractivity contribution in [3.8, 4) is 10.4 Å². The van der Waals surface area contributed by atoms with E-state index in [9.17, 15) is 9.18 Å². The van der Waals surface area contributed by atoms with Gasteiger partial charge in [-0.3, -0.25) is 4.79 Å². The third kappa shape index (κ3) is 3.31. The fraction of sp³-hybridized carbons (Fsp3) is 0.312. The van der Waals surface area contributed by atoms with Crippen LogP contribution in [-0.2, 0) is 0 Å². The standard InChI is InChI=1S/C16H17FN2OS/c17-12-5-3-11(4-6-12)14-7-8-15(21-14)16(20)19-13(9-18)10-1-2-10/h3-8,10,13H,1-2,9,18H2,(H,19,20). The van der Waals surface area contributed by atoms with E-state index in [-0.39, 0.29) is 17.8 Å². The van der Waals surface area contributed by atoms with Crippen molar-refractivity contribution in [2.24, 2.45) is 11.7 Å². The van der Waals surface area contributed by atoms with Gasteiger partial charge in [-0.05, 0) is 48.6 Å². The van der Waals surface area contributed by atoms with Crippen LogP contribution in [0.2, 0.25) is 0 Å². The predicted molar refractivity (Wildman–Crippen MR) is 82.7 cm³/mol. The van der Waals surface area contributed by atoms with Crippen LogP contribution in [0.4, 0.5) is 4.39 Å². The highest BCUT2D eigenvalue weighted by atomic mass is 32.1. The van der Waals surface area contributed by atoms with Gasteiger partial charge in [-0.1, -0.05) is 12.1 Å². The second-order valence-corrected chi connectivity index (χ2v) is 6.41. The van der Waals surface area contributed by atoms with Gasteiger partial charge in [0, 0.05) is 17.5 Å². The Bertz CT molecular complexity index is 634. The average Bonchev–Trinajstić information content (AvgIpc) is 3.21. The molecule has 0 saturated heterocycles. The summed E-state index contributed by atoms with van der Waals surface area (Å²) in [4.78, 5) is 13.8. The molecule has 1 fully saturated rings. The van der Waals surface area contributed by atoms with Crippen molar-refractivity contribution in [3.05, 3.63) is 47.1 Å². The Morgan fingerprint density at radius 2 is 2.00 bits per heavy atom. The van der Waals surface area contributed by atoms with Gasteiger partial charge in [0.2, 0.25) is 0 Å². The summed E-state index contributed by atoms with van der Waals surface area (Å²) in [5.41, 5.74) is 6.62. The quantitative estimate of drug-likeness (QED) is 0.892. The predicted octanol–water partition coefficient (Wildman–Crippen LogP) is 3.02. The number of nitrogens with two attached hydrogens (primary N) is 1. The smallest absolute Gasteiger partial charge is 0.261 e. The van der Waals surface area contributed by atoms with Gasteiger partial charge in [0.05, 0.1) is 4.88 Å². The van der Waals surface area contributed by atoms with Crippen molar-refractivity contribution in [1.82, 2.24) is 5.32 Å². The number of hydrogen-bond donors (Lipinski definition) is 2. The first-order valence-electron chi connectivity index (χ1n) is 7.04. The fourth-order valence-corrected chi connectivity index (χ4v) is 3.25. The molecule has 1 aliphatic rings. The zero-order chi connectivity index (χ0) is 14.8. The summed E-state index contributed by atoms with van der Waals surface area (Å²) in [5.74, 6) is 0.203. The van der Waals surface area contributed by atoms with Crippen molar-refractivity contribution in [1.29, 1.82) is 0 Å². The molecular formula is C16H17FN2OS. The van der Waals surface area contributed by atoms with Gasteiger partial charge in [-0.25, -0.2) is 4.39 Å². The van der Waals surface area contributed by atoms with E-state index in [1.807, 2.05) is 6.07 Å². The Kier molecular flexibility index (Phi) is 4.03. The summed E-state index contributed by atoms with van der Waals surface area (Å²) in [5, 5.41) is 3.01. The normalized spacial score (nSPS) is 15.7. The molecule has 1 aliphatic carbocycles. The maximum absolute atomic E-state index is 12.9. The lowest BCUT2D eigenvalue weighted by Gasteiger charge is -2.15. The second-order valence-electron chi connectivity index (χ2n) is 5.32. The van der Waals surface area contributed by atoms with Gasteiger partial charge in [0.15, 0.2) is 0 Å². The van der Waals surface area contributed by atoms with E-state index < -0.39 is 0 Å². The molecule has 3 nitrogen and oxygen atoms in total. The van der Waals surface area contributed by atoms with E-state index >= 15 is 0 Å². The van der Waals surface area contributed by atoms with Crippen molar-refractivity contribution in [3.63, 3.8) is 0 Å². The molecule has 1 atom stereocenters. The summed E-state index contributed by atoms with van der Waals surface area (Å²) in [6, 6.07) is 10.1. The molecule has 3 N–H and O–H groups in total. The number of benzene rings is 1. The summed E-state index contributed by atoms with van der Waals surface area (Å²) in [6.07, 6.45) is 2.29. The molecule has 1 saturated carbocycles. The zero-order valence-electron chi connectivity index (χ0n) is 11.5. The molecule has 3 rings (SSSR count). The van der Waals surface area contributed by atoms with E-state index in [0.717, 1.165) is 23.3 Å². The minimum absolute atomic E-state index is 0.0734. The van der Waals surface area contributed by atoms with Crippen LogP contribution in [0.15, 0.2) is 36.4 Å². The summed E-state index contributed by atoms with van der Waals surface area (Å²) in [7, 11) is 0. The van der Waals surface area contributed by atoms with Gasteiger partial charge >= 0.3 is 0 Å². The lowest BCUT2D eigenvalue weighted by molar-refractivity contribution is 0.0937. The number of amides is 1. The lowest BCUT2D eigenvalue weighted by atomic mass is 10.2. The highest BCUT2D eigenvalue weighted by molar-refractivity contribution is 7.17. The Balaban J connectivity index is 1.71. The van der Waals surface area contributed by atoms with Crippen LogP contribution in [0, 0.1) is 11.7 Å². The lowest BCUT2D eigenvalue weighted by Crippen LogP contribution is -2.41. The number of nitrogens with one attached hydrogen (secondary N) is 1. The molecule has 0 bridgehead atoms. The number of halogens is 1. The summed E-state index contributed by atoms with van der Waals surface area (Å²) >= 11 is 1.41. The monoisotopic (exact) mass is 304 g/mol. The minimum atomic E-state index is -0.261. The Morgan fingerprint density at radius 1 is 1.29 bits per heavy atom. The molecule has 0 aliphatic heterocycles. The van der Waals surface area contributed by atoms with E-state index in [0.29, 0.717) is 17.3 Å². The van der Waals surface area contributed by atoms with Gasteiger partial charge in [-0.2, -0.15) is 0 Å². The minimum Gasteiger partial charge on any atom is -0.347 e. The number of hydrogen-bond acceptors (Lipinski definition) is 3. The number of rotatable bonds is 5. The molecule has 1 aromatic carbocycles. The van der Waals surface area contributed by atoms with Gasteiger partial charge < -0.3 is 11.1 Å². The van der Waals surface area contributed by atoms with Crippen LogP contribution in [0.1, 0.15) is 22.5 Å². The SMILES string of the molecule is NCC(NC(=O)c1ccc(-c2ccc(F)cc2)s1)C1CC1. The van der Waals surface area contributed by atoms with Gasteiger partial charge in [0.25, 0.3) is 5.91 Å². The average molecular weight is 304 g/mol. The molecule has 1 aromatic heterocycles. The van der Waals surface area contributed by atoms with Crippen LogP contribution in [0.3, 0.4) is 0 Å². The molecule has 5 heteroatoms. The first-order chi connectivity index (χ1) is 10.2. The second kappa shape index (κ2) is 5.95. The molecule has 110 valence electrons. The summed E-state index contributed by atoms with van der Waals surface area (Å²) in [6.45, 7) is 0.479. The maximum Gasteiger partial charge on any atom is 0.261 e. The highest BCUT2D eigenvalue weighted by Crippen LogP contribution is 2.33. The largest absolute Gasteiger partial charge is 0.347 e. The van der Waals surface area contributed by atoms with Crippen LogP contribution in [-0.4, -0.2) is 18.5 Å². The van der Waals surface area contributed by atoms with Crippen molar-refractivity contribution < 1.29 is 9.18 Å². The number of carbonyl (C=O) groups excluding carboxylic acids is 1. The van der Waals surface area contributed by atoms with Gasteiger partial charge in [0.1, 0.15) is 5.82 Å². The molecular weight excluding hydrogens is 287 g/mol. The first-order valence-corrected chi connectivity index (χ1v) is 7.85. The third-order valence-electron chi connectivity index (χ3n) is 3.72. The summed E-state index contributed by atoms with van der Waals surface area (Å²) < 4.78 is 12.9. The fourth-order valence-electron chi connectivity index (χ4n) is 2.34. The topological polar surface area (TPSA) is 55.1 Å². The molecule has 21 heavy (non-hydrogen) atoms. The van der Waals surface area contributed by atoms with E-state index in [4.69, 9.17) is 5.73 Å². The Morgan fingerprint density at radius 3 is 2.62 bits per heavy atom. The van der Waals surface area contributed by atoms with Crippen molar-refractivity contribution >= 4 is 17.2 Å². The van der Waals surface area contributed by atoms with Gasteiger partial charge in [-0.15, -0.1) is 11.3 Å². The van der Waals surface area contributed by atoms with Crippen LogP contribution >= 0.6 is 11.3 Å². The molecule has 0 radical (unpaired) electrons. The molecule has 1 heterocycles. The van der Waals surface area contributed by atoms with Crippen LogP contribution in [0.25, 0.3) is 10.4 Å². The molecule has 0 spiro atoms.